The summed E-state index contributed by atoms with van der Waals surface area (Å²) in [5.41, 5.74) is 6.97. The molecule has 3 nitrogen and oxygen atoms in total. The second-order valence-electron chi connectivity index (χ2n) is 3.93. The number of benzene rings is 1. The molecular weight excluding hydrogens is 234 g/mol. The van der Waals surface area contributed by atoms with Crippen LogP contribution in [-0.2, 0) is 16.0 Å². The fourth-order valence-electron chi connectivity index (χ4n) is 1.81. The van der Waals surface area contributed by atoms with E-state index in [0.29, 0.717) is 6.42 Å². The monoisotopic (exact) mass is 249 g/mol. The molecular formula is C13H15NO2S. The van der Waals surface area contributed by atoms with E-state index < -0.39 is 6.04 Å². The van der Waals surface area contributed by atoms with Crippen molar-refractivity contribution < 1.29 is 9.53 Å². The molecule has 0 aliphatic rings. The van der Waals surface area contributed by atoms with Gasteiger partial charge in [-0.15, -0.1) is 11.3 Å². The molecule has 0 fully saturated rings. The fourth-order valence-corrected chi connectivity index (χ4v) is 2.80. The van der Waals surface area contributed by atoms with Crippen LogP contribution in [0.5, 0.6) is 0 Å². The van der Waals surface area contributed by atoms with Crippen molar-refractivity contribution in [3.05, 3.63) is 35.2 Å². The molecule has 0 aliphatic carbocycles. The molecule has 0 bridgehead atoms. The number of aryl methyl sites for hydroxylation is 1. The van der Waals surface area contributed by atoms with Crippen LogP contribution >= 0.6 is 11.3 Å². The Bertz CT molecular complexity index is 521. The van der Waals surface area contributed by atoms with Gasteiger partial charge in [0.15, 0.2) is 0 Å². The molecule has 0 saturated carbocycles. The van der Waals surface area contributed by atoms with Gasteiger partial charge >= 0.3 is 5.97 Å². The number of carbonyl (C=O) groups excluding carboxylic acids is 1. The number of hydrogen-bond donors (Lipinski definition) is 1. The van der Waals surface area contributed by atoms with E-state index >= 15 is 0 Å². The van der Waals surface area contributed by atoms with Gasteiger partial charge in [-0.1, -0.05) is 18.2 Å². The molecule has 2 aromatic rings. The van der Waals surface area contributed by atoms with Gasteiger partial charge in [0.25, 0.3) is 0 Å². The smallest absolute Gasteiger partial charge is 0.322 e. The highest BCUT2D eigenvalue weighted by molar-refractivity contribution is 7.17. The number of rotatable bonds is 4. The molecule has 1 aromatic carbocycles. The lowest BCUT2D eigenvalue weighted by atomic mass is 10.1. The Morgan fingerprint density at radius 3 is 3.00 bits per heavy atom. The molecule has 1 aromatic heterocycles. The van der Waals surface area contributed by atoms with Crippen LogP contribution in [0, 0.1) is 0 Å². The van der Waals surface area contributed by atoms with E-state index in [9.17, 15) is 4.79 Å². The van der Waals surface area contributed by atoms with Crippen LogP contribution in [0.2, 0.25) is 0 Å². The number of hydrogen-bond acceptors (Lipinski definition) is 4. The summed E-state index contributed by atoms with van der Waals surface area (Å²) < 4.78 is 5.88. The summed E-state index contributed by atoms with van der Waals surface area (Å²) in [4.78, 5) is 11.2. The Hall–Kier alpha value is -1.39. The van der Waals surface area contributed by atoms with Crippen LogP contribution in [0.15, 0.2) is 29.6 Å². The number of thiophene rings is 1. The molecule has 1 heterocycles. The number of nitrogens with two attached hydrogens (primary N) is 1. The van der Waals surface area contributed by atoms with Gasteiger partial charge in [0.05, 0.1) is 7.11 Å². The SMILES string of the molecule is COC(=O)C(N)CCc1csc2ccccc12. The Balaban J connectivity index is 2.07. The minimum absolute atomic E-state index is 0.343. The normalized spacial score (nSPS) is 12.6. The first-order valence-electron chi connectivity index (χ1n) is 5.51. The average molecular weight is 249 g/mol. The molecule has 4 heteroatoms. The highest BCUT2D eigenvalue weighted by Crippen LogP contribution is 2.26. The third kappa shape index (κ3) is 2.65. The van der Waals surface area contributed by atoms with E-state index in [1.807, 2.05) is 12.1 Å². The summed E-state index contributed by atoms with van der Waals surface area (Å²) in [5.74, 6) is -0.343. The van der Waals surface area contributed by atoms with E-state index in [-0.39, 0.29) is 5.97 Å². The van der Waals surface area contributed by atoms with E-state index in [1.165, 1.54) is 22.8 Å². The van der Waals surface area contributed by atoms with Crippen LogP contribution in [0.3, 0.4) is 0 Å². The van der Waals surface area contributed by atoms with Crippen LogP contribution in [0.25, 0.3) is 10.1 Å². The second-order valence-corrected chi connectivity index (χ2v) is 4.84. The minimum atomic E-state index is -0.529. The molecule has 2 N–H and O–H groups in total. The van der Waals surface area contributed by atoms with Crippen LogP contribution in [-0.4, -0.2) is 19.1 Å². The fraction of sp³-hybridized carbons (Fsp3) is 0.308. The number of fused-ring (bicyclic) bond motifs is 1. The topological polar surface area (TPSA) is 52.3 Å². The quantitative estimate of drug-likeness (QED) is 0.846. The van der Waals surface area contributed by atoms with Crippen molar-refractivity contribution in [1.29, 1.82) is 0 Å². The van der Waals surface area contributed by atoms with E-state index in [4.69, 9.17) is 5.73 Å². The standard InChI is InChI=1S/C13H15NO2S/c1-16-13(15)11(14)7-6-9-8-17-12-5-3-2-4-10(9)12/h2-5,8,11H,6-7,14H2,1H3. The summed E-state index contributed by atoms with van der Waals surface area (Å²) in [5, 5.41) is 3.39. The number of esters is 1. The van der Waals surface area contributed by atoms with E-state index in [0.717, 1.165) is 6.42 Å². The summed E-state index contributed by atoms with van der Waals surface area (Å²) in [6.07, 6.45) is 1.42. The third-order valence-corrected chi connectivity index (χ3v) is 3.80. The first-order valence-corrected chi connectivity index (χ1v) is 6.39. The second kappa shape index (κ2) is 5.29. The molecule has 0 radical (unpaired) electrons. The van der Waals surface area contributed by atoms with Gasteiger partial charge in [-0.25, -0.2) is 0 Å². The van der Waals surface area contributed by atoms with Crippen molar-refractivity contribution in [2.75, 3.05) is 7.11 Å². The van der Waals surface area contributed by atoms with Gasteiger partial charge in [0.1, 0.15) is 6.04 Å². The van der Waals surface area contributed by atoms with Crippen LogP contribution in [0.4, 0.5) is 0 Å². The first kappa shape index (κ1) is 12.1. The van der Waals surface area contributed by atoms with Crippen molar-refractivity contribution in [3.63, 3.8) is 0 Å². The summed E-state index contributed by atoms with van der Waals surface area (Å²) in [6, 6.07) is 7.73. The molecule has 0 spiro atoms. The van der Waals surface area contributed by atoms with E-state index in [1.54, 1.807) is 11.3 Å². The average Bonchev–Trinajstić information content (AvgIpc) is 2.78. The van der Waals surface area contributed by atoms with Gasteiger partial charge in [-0.2, -0.15) is 0 Å². The first-order chi connectivity index (χ1) is 8.22. The molecule has 90 valence electrons. The van der Waals surface area contributed by atoms with Crippen molar-refractivity contribution in [3.8, 4) is 0 Å². The molecule has 0 amide bonds. The Morgan fingerprint density at radius 1 is 1.47 bits per heavy atom. The third-order valence-electron chi connectivity index (χ3n) is 2.79. The predicted molar refractivity (Wildman–Crippen MR) is 70.1 cm³/mol. The molecule has 1 atom stereocenters. The van der Waals surface area contributed by atoms with Gasteiger partial charge in [0, 0.05) is 4.70 Å². The Morgan fingerprint density at radius 2 is 2.24 bits per heavy atom. The van der Waals surface area contributed by atoms with Crippen molar-refractivity contribution >= 4 is 27.4 Å². The zero-order valence-electron chi connectivity index (χ0n) is 9.68. The summed E-state index contributed by atoms with van der Waals surface area (Å²) in [7, 11) is 1.36. The zero-order valence-corrected chi connectivity index (χ0v) is 10.5. The summed E-state index contributed by atoms with van der Waals surface area (Å²) in [6.45, 7) is 0. The maximum absolute atomic E-state index is 11.2. The maximum Gasteiger partial charge on any atom is 0.322 e. The Kier molecular flexibility index (Phi) is 3.76. The van der Waals surface area contributed by atoms with Crippen molar-refractivity contribution in [2.24, 2.45) is 5.73 Å². The number of ether oxygens (including phenoxy) is 1. The molecule has 0 saturated heterocycles. The zero-order chi connectivity index (χ0) is 12.3. The van der Waals surface area contributed by atoms with Gasteiger partial charge in [-0.05, 0) is 35.2 Å². The lowest BCUT2D eigenvalue weighted by Crippen LogP contribution is -2.31. The van der Waals surface area contributed by atoms with Gasteiger partial charge in [-0.3, -0.25) is 4.79 Å². The lowest BCUT2D eigenvalue weighted by molar-refractivity contribution is -0.142. The molecule has 1 unspecified atom stereocenters. The highest BCUT2D eigenvalue weighted by atomic mass is 32.1. The predicted octanol–water partition coefficient (Wildman–Crippen LogP) is 2.33. The van der Waals surface area contributed by atoms with Gasteiger partial charge in [0.2, 0.25) is 0 Å². The highest BCUT2D eigenvalue weighted by Gasteiger charge is 2.14. The molecule has 17 heavy (non-hydrogen) atoms. The van der Waals surface area contributed by atoms with Crippen LogP contribution < -0.4 is 5.73 Å². The van der Waals surface area contributed by atoms with Crippen molar-refractivity contribution in [2.45, 2.75) is 18.9 Å². The minimum Gasteiger partial charge on any atom is -0.468 e. The van der Waals surface area contributed by atoms with Gasteiger partial charge < -0.3 is 10.5 Å². The number of methoxy groups -OCH3 is 1. The molecule has 2 rings (SSSR count). The largest absolute Gasteiger partial charge is 0.468 e. The Labute approximate surface area is 104 Å². The lowest BCUT2D eigenvalue weighted by Gasteiger charge is -2.08. The van der Waals surface area contributed by atoms with Crippen molar-refractivity contribution in [1.82, 2.24) is 0 Å². The molecule has 0 aliphatic heterocycles. The maximum atomic E-state index is 11.2. The number of carbonyl (C=O) groups is 1. The van der Waals surface area contributed by atoms with E-state index in [2.05, 4.69) is 22.2 Å². The summed E-state index contributed by atoms with van der Waals surface area (Å²) >= 11 is 1.72. The van der Waals surface area contributed by atoms with Crippen LogP contribution in [0.1, 0.15) is 12.0 Å².